The van der Waals surface area contributed by atoms with Gasteiger partial charge in [-0.05, 0) is 60.4 Å². The van der Waals surface area contributed by atoms with Crippen LogP contribution in [0.3, 0.4) is 0 Å². The second kappa shape index (κ2) is 8.71. The molecule has 0 bridgehead atoms. The zero-order valence-electron chi connectivity index (χ0n) is 18.9. The molecule has 4 aromatic rings. The maximum atomic E-state index is 11.2. The number of anilines is 2. The van der Waals surface area contributed by atoms with Crippen LogP contribution in [0.25, 0.3) is 22.0 Å². The van der Waals surface area contributed by atoms with E-state index in [-0.39, 0.29) is 5.91 Å². The van der Waals surface area contributed by atoms with Crippen molar-refractivity contribution >= 4 is 28.3 Å². The van der Waals surface area contributed by atoms with Crippen LogP contribution in [0, 0.1) is 11.3 Å². The van der Waals surface area contributed by atoms with Crippen LogP contribution in [-0.2, 0) is 16.6 Å². The number of nitrogens with zero attached hydrogens (tertiary/aromatic N) is 3. The van der Waals surface area contributed by atoms with Crippen molar-refractivity contribution in [2.24, 2.45) is 0 Å². The summed E-state index contributed by atoms with van der Waals surface area (Å²) in [5.41, 5.74) is 12.4. The molecular weight excluding hydrogens is 410 g/mol. The van der Waals surface area contributed by atoms with Crippen molar-refractivity contribution in [2.45, 2.75) is 32.6 Å². The molecule has 3 N–H and O–H groups in total. The number of nitrogen functional groups attached to an aromatic ring is 1. The number of carbonyl (C=O) groups is 1. The van der Waals surface area contributed by atoms with Crippen LogP contribution >= 0.6 is 0 Å². The zero-order chi connectivity index (χ0) is 23.6. The van der Waals surface area contributed by atoms with E-state index in [1.165, 1.54) is 6.92 Å². The highest BCUT2D eigenvalue weighted by molar-refractivity contribution is 5.91. The van der Waals surface area contributed by atoms with Crippen molar-refractivity contribution in [1.82, 2.24) is 9.97 Å². The van der Waals surface area contributed by atoms with Crippen LogP contribution in [0.15, 0.2) is 67.0 Å². The Balaban J connectivity index is 1.69. The second-order valence-corrected chi connectivity index (χ2v) is 8.65. The van der Waals surface area contributed by atoms with E-state index in [1.54, 1.807) is 18.5 Å². The fourth-order valence-electron chi connectivity index (χ4n) is 3.77. The highest BCUT2D eigenvalue weighted by Gasteiger charge is 2.19. The number of nitriles is 1. The fourth-order valence-corrected chi connectivity index (χ4v) is 3.77. The third-order valence-corrected chi connectivity index (χ3v) is 5.75. The summed E-state index contributed by atoms with van der Waals surface area (Å²) in [5, 5.41) is 13.0. The summed E-state index contributed by atoms with van der Waals surface area (Å²) in [7, 11) is 0. The predicted octanol–water partition coefficient (Wildman–Crippen LogP) is 5.23. The number of rotatable bonds is 5. The first-order valence-corrected chi connectivity index (χ1v) is 10.7. The molecule has 0 aliphatic rings. The van der Waals surface area contributed by atoms with E-state index in [9.17, 15) is 10.1 Å². The van der Waals surface area contributed by atoms with Gasteiger partial charge in [-0.15, -0.1) is 0 Å². The van der Waals surface area contributed by atoms with E-state index in [4.69, 9.17) is 5.73 Å². The second-order valence-electron chi connectivity index (χ2n) is 8.65. The number of fused-ring (bicyclic) bond motifs is 1. The molecule has 2 aromatic carbocycles. The molecule has 0 aliphatic heterocycles. The number of hydrogen-bond acceptors (Lipinski definition) is 5. The Morgan fingerprint density at radius 3 is 2.39 bits per heavy atom. The summed E-state index contributed by atoms with van der Waals surface area (Å²) >= 11 is 0. The molecule has 0 unspecified atom stereocenters. The monoisotopic (exact) mass is 435 g/mol. The first-order chi connectivity index (χ1) is 15.8. The highest BCUT2D eigenvalue weighted by atomic mass is 16.1. The van der Waals surface area contributed by atoms with Gasteiger partial charge in [-0.1, -0.05) is 30.3 Å². The Labute approximate surface area is 193 Å². The Hall–Kier alpha value is -4.24. The number of aromatic nitrogens is 2. The quantitative estimate of drug-likeness (QED) is 0.447. The number of amides is 1. The fraction of sp³-hybridized carbons (Fsp3) is 0.185. The third-order valence-electron chi connectivity index (χ3n) is 5.75. The number of nitrogens with one attached hydrogen (secondary N) is 1. The summed E-state index contributed by atoms with van der Waals surface area (Å²) < 4.78 is 0. The summed E-state index contributed by atoms with van der Waals surface area (Å²) in [4.78, 5) is 20.1. The lowest BCUT2D eigenvalue weighted by Crippen LogP contribution is -2.13. The minimum atomic E-state index is -0.528. The van der Waals surface area contributed by atoms with Crippen molar-refractivity contribution in [2.75, 3.05) is 11.1 Å². The number of pyridine rings is 2. The molecule has 0 saturated heterocycles. The minimum absolute atomic E-state index is 0.156. The molecule has 2 heterocycles. The van der Waals surface area contributed by atoms with Crippen LogP contribution < -0.4 is 11.1 Å². The van der Waals surface area contributed by atoms with E-state index in [1.807, 2.05) is 44.2 Å². The highest BCUT2D eigenvalue weighted by Crippen LogP contribution is 2.30. The largest absolute Gasteiger partial charge is 0.397 e. The molecule has 0 saturated carbocycles. The normalized spacial score (nSPS) is 11.2. The molecule has 2 aromatic heterocycles. The van der Waals surface area contributed by atoms with E-state index >= 15 is 0 Å². The molecule has 0 radical (unpaired) electrons. The molecular formula is C27H25N5O. The number of nitrogens with two attached hydrogens (primary N) is 1. The Morgan fingerprint density at radius 1 is 1.03 bits per heavy atom. The predicted molar refractivity (Wildman–Crippen MR) is 132 cm³/mol. The van der Waals surface area contributed by atoms with Gasteiger partial charge < -0.3 is 11.1 Å². The van der Waals surface area contributed by atoms with Gasteiger partial charge >= 0.3 is 0 Å². The van der Waals surface area contributed by atoms with E-state index < -0.39 is 5.41 Å². The molecule has 33 heavy (non-hydrogen) atoms. The van der Waals surface area contributed by atoms with Crippen LogP contribution in [-0.4, -0.2) is 15.9 Å². The molecule has 0 atom stereocenters. The number of carbonyl (C=O) groups excluding carboxylic acids is 1. The van der Waals surface area contributed by atoms with Crippen molar-refractivity contribution in [3.8, 4) is 17.2 Å². The first-order valence-electron chi connectivity index (χ1n) is 10.7. The lowest BCUT2D eigenvalue weighted by Gasteiger charge is -2.16. The number of hydrogen-bond donors (Lipinski definition) is 2. The molecule has 164 valence electrons. The number of benzene rings is 2. The third kappa shape index (κ3) is 4.68. The van der Waals surface area contributed by atoms with Crippen LogP contribution in [0.2, 0.25) is 0 Å². The smallest absolute Gasteiger partial charge is 0.222 e. The molecule has 6 heteroatoms. The average Bonchev–Trinajstić information content (AvgIpc) is 2.81. The molecule has 6 nitrogen and oxygen atoms in total. The standard InChI is InChI=1S/C27H25N5O/c1-17(33)32-26-11-7-20(14-31-26)19-6-10-25-23(13-19)22(24(29)15-30-25)12-18-4-8-21(9-5-18)27(2,3)16-28/h4-11,13-15H,12,29H2,1-3H3,(H,31,32,33). The van der Waals surface area contributed by atoms with Crippen molar-refractivity contribution in [3.63, 3.8) is 0 Å². The van der Waals surface area contributed by atoms with Crippen molar-refractivity contribution in [3.05, 3.63) is 83.7 Å². The molecule has 0 fully saturated rings. The zero-order valence-corrected chi connectivity index (χ0v) is 18.9. The molecule has 1 amide bonds. The van der Waals surface area contributed by atoms with Gasteiger partial charge in [0.25, 0.3) is 0 Å². The Kier molecular flexibility index (Phi) is 5.80. The van der Waals surface area contributed by atoms with E-state index in [0.29, 0.717) is 17.9 Å². The van der Waals surface area contributed by atoms with Crippen molar-refractivity contribution < 1.29 is 4.79 Å². The van der Waals surface area contributed by atoms with Gasteiger partial charge in [0.05, 0.1) is 28.9 Å². The minimum Gasteiger partial charge on any atom is -0.397 e. The topological polar surface area (TPSA) is 105 Å². The molecule has 0 spiro atoms. The van der Waals surface area contributed by atoms with Crippen LogP contribution in [0.5, 0.6) is 0 Å². The van der Waals surface area contributed by atoms with Gasteiger partial charge in [0, 0.05) is 30.5 Å². The van der Waals surface area contributed by atoms with Crippen molar-refractivity contribution in [1.29, 1.82) is 5.26 Å². The summed E-state index contributed by atoms with van der Waals surface area (Å²) in [5.74, 6) is 0.359. The maximum Gasteiger partial charge on any atom is 0.222 e. The molecule has 4 rings (SSSR count). The van der Waals surface area contributed by atoms with Gasteiger partial charge in [0.15, 0.2) is 0 Å². The van der Waals surface area contributed by atoms with Gasteiger partial charge in [-0.2, -0.15) is 5.26 Å². The van der Waals surface area contributed by atoms with Gasteiger partial charge in [0.1, 0.15) is 5.82 Å². The Morgan fingerprint density at radius 2 is 1.76 bits per heavy atom. The van der Waals surface area contributed by atoms with Gasteiger partial charge in [0.2, 0.25) is 5.91 Å². The lowest BCUT2D eigenvalue weighted by atomic mass is 9.85. The summed E-state index contributed by atoms with van der Waals surface area (Å²) in [6, 6.07) is 20.2. The molecule has 0 aliphatic carbocycles. The van der Waals surface area contributed by atoms with E-state index in [0.717, 1.165) is 38.7 Å². The van der Waals surface area contributed by atoms with Gasteiger partial charge in [-0.3, -0.25) is 9.78 Å². The first kappa shape index (κ1) is 22.0. The van der Waals surface area contributed by atoms with Crippen LogP contribution in [0.1, 0.15) is 37.5 Å². The average molecular weight is 436 g/mol. The summed E-state index contributed by atoms with van der Waals surface area (Å²) in [6.45, 7) is 5.28. The SMILES string of the molecule is CC(=O)Nc1ccc(-c2ccc3ncc(N)c(Cc4ccc(C(C)(C)C#N)cc4)c3c2)cn1. The maximum absolute atomic E-state index is 11.2. The Bertz CT molecular complexity index is 1370. The summed E-state index contributed by atoms with van der Waals surface area (Å²) in [6.07, 6.45) is 4.09. The van der Waals surface area contributed by atoms with Gasteiger partial charge in [-0.25, -0.2) is 4.98 Å². The lowest BCUT2D eigenvalue weighted by molar-refractivity contribution is -0.114. The van der Waals surface area contributed by atoms with Crippen LogP contribution in [0.4, 0.5) is 11.5 Å². The van der Waals surface area contributed by atoms with E-state index in [2.05, 4.69) is 39.6 Å².